The fourth-order valence-electron chi connectivity index (χ4n) is 6.61. The van der Waals surface area contributed by atoms with Crippen molar-refractivity contribution >= 4 is 35.1 Å². The number of carboxylic acid groups (broad SMARTS) is 1. The first kappa shape index (κ1) is 27.3. The normalized spacial score (nSPS) is 23.3. The first-order chi connectivity index (χ1) is 18.5. The standard InChI is InChI=1S/C28H28ClF3N2O5/c29-17-7-10-20-22(15-17)34(26(38)16-5-8-18(9-6-16)39-28(30,31)32)21-4-1-3-19(21)25(20)27(13-2-14-27)33-23(35)11-12-24(36)37/h5-10,15,19,21,25H,1-4,11-14H2,(H,33,35)(H,36,37). The Morgan fingerprint density at radius 2 is 1.77 bits per heavy atom. The number of fused-ring (bicyclic) bond motifs is 2. The third-order valence-corrected chi connectivity index (χ3v) is 8.46. The van der Waals surface area contributed by atoms with Crippen LogP contribution in [0.15, 0.2) is 42.5 Å². The number of benzene rings is 2. The van der Waals surface area contributed by atoms with Crippen molar-refractivity contribution in [1.29, 1.82) is 0 Å². The number of ether oxygens (including phenoxy) is 1. The lowest BCUT2D eigenvalue weighted by Crippen LogP contribution is -2.62. The second kappa shape index (κ2) is 10.4. The first-order valence-electron chi connectivity index (χ1n) is 13.0. The van der Waals surface area contributed by atoms with E-state index in [2.05, 4.69) is 10.1 Å². The van der Waals surface area contributed by atoms with Gasteiger partial charge in [0.2, 0.25) is 5.91 Å². The van der Waals surface area contributed by atoms with Gasteiger partial charge < -0.3 is 20.1 Å². The van der Waals surface area contributed by atoms with Crippen molar-refractivity contribution < 1.29 is 37.4 Å². The smallest absolute Gasteiger partial charge is 0.481 e. The minimum atomic E-state index is -4.83. The van der Waals surface area contributed by atoms with E-state index < -0.39 is 23.6 Å². The second-order valence-corrected chi connectivity index (χ2v) is 11.0. The molecule has 0 bridgehead atoms. The summed E-state index contributed by atoms with van der Waals surface area (Å²) in [5.74, 6) is -2.15. The summed E-state index contributed by atoms with van der Waals surface area (Å²) in [6.45, 7) is 0. The third kappa shape index (κ3) is 5.44. The number of nitrogens with one attached hydrogen (secondary N) is 1. The van der Waals surface area contributed by atoms with Gasteiger partial charge in [0, 0.05) is 40.2 Å². The van der Waals surface area contributed by atoms with Crippen molar-refractivity contribution in [3.8, 4) is 5.75 Å². The van der Waals surface area contributed by atoms with Gasteiger partial charge in [-0.15, -0.1) is 13.2 Å². The Balaban J connectivity index is 1.50. The molecule has 0 radical (unpaired) electrons. The molecule has 2 aromatic rings. The van der Waals surface area contributed by atoms with Gasteiger partial charge in [-0.3, -0.25) is 14.4 Å². The van der Waals surface area contributed by atoms with Crippen molar-refractivity contribution in [3.63, 3.8) is 0 Å². The zero-order valence-electron chi connectivity index (χ0n) is 21.0. The zero-order valence-corrected chi connectivity index (χ0v) is 21.7. The number of anilines is 1. The lowest BCUT2D eigenvalue weighted by molar-refractivity contribution is -0.274. The maximum absolute atomic E-state index is 13.9. The van der Waals surface area contributed by atoms with E-state index in [1.807, 2.05) is 6.07 Å². The van der Waals surface area contributed by atoms with Crippen LogP contribution in [0.3, 0.4) is 0 Å². The van der Waals surface area contributed by atoms with E-state index in [-0.39, 0.29) is 48.1 Å². The number of carbonyl (C=O) groups is 3. The number of alkyl halides is 3. The number of rotatable bonds is 7. The van der Waals surface area contributed by atoms with E-state index in [0.717, 1.165) is 56.2 Å². The number of carbonyl (C=O) groups excluding carboxylic acids is 2. The Bertz CT molecular complexity index is 1280. The van der Waals surface area contributed by atoms with Gasteiger partial charge in [0.25, 0.3) is 5.91 Å². The quantitative estimate of drug-likeness (QED) is 0.426. The summed E-state index contributed by atoms with van der Waals surface area (Å²) in [7, 11) is 0. The van der Waals surface area contributed by atoms with Crippen molar-refractivity contribution in [1.82, 2.24) is 5.32 Å². The first-order valence-corrected chi connectivity index (χ1v) is 13.4. The van der Waals surface area contributed by atoms with Gasteiger partial charge in [-0.05, 0) is 80.0 Å². The highest BCUT2D eigenvalue weighted by Gasteiger charge is 2.56. The van der Waals surface area contributed by atoms with Gasteiger partial charge in [0.15, 0.2) is 0 Å². The molecule has 39 heavy (non-hydrogen) atoms. The highest BCUT2D eigenvalue weighted by Crippen LogP contribution is 2.58. The minimum absolute atomic E-state index is 0.0375. The van der Waals surface area contributed by atoms with Crippen LogP contribution in [0.1, 0.15) is 73.2 Å². The van der Waals surface area contributed by atoms with Crippen molar-refractivity contribution in [2.45, 2.75) is 75.2 Å². The van der Waals surface area contributed by atoms with E-state index in [9.17, 15) is 27.6 Å². The summed E-state index contributed by atoms with van der Waals surface area (Å²) in [6.07, 6.45) is -0.329. The predicted molar refractivity (Wildman–Crippen MR) is 137 cm³/mol. The average Bonchev–Trinajstić information content (AvgIpc) is 3.32. The Morgan fingerprint density at radius 1 is 1.05 bits per heavy atom. The van der Waals surface area contributed by atoms with E-state index in [1.165, 1.54) is 12.1 Å². The predicted octanol–water partition coefficient (Wildman–Crippen LogP) is 6.06. The molecule has 0 spiro atoms. The fraction of sp³-hybridized carbons (Fsp3) is 0.464. The van der Waals surface area contributed by atoms with Crippen LogP contribution < -0.4 is 15.0 Å². The van der Waals surface area contributed by atoms with Crippen LogP contribution in [0.5, 0.6) is 5.75 Å². The molecule has 3 atom stereocenters. The molecule has 0 aromatic heterocycles. The molecule has 11 heteroatoms. The number of hydrogen-bond donors (Lipinski definition) is 2. The molecular weight excluding hydrogens is 537 g/mol. The van der Waals surface area contributed by atoms with E-state index >= 15 is 0 Å². The number of hydrogen-bond acceptors (Lipinski definition) is 4. The molecule has 5 rings (SSSR count). The Kier molecular flexibility index (Phi) is 7.26. The van der Waals surface area contributed by atoms with Crippen LogP contribution in [0.4, 0.5) is 18.9 Å². The molecule has 1 heterocycles. The summed E-state index contributed by atoms with van der Waals surface area (Å²) < 4.78 is 41.8. The van der Waals surface area contributed by atoms with Crippen molar-refractivity contribution in [2.75, 3.05) is 4.90 Å². The SMILES string of the molecule is O=C(O)CCC(=O)NC1(C2c3ccc(Cl)cc3N(C(=O)c3ccc(OC(F)(F)F)cc3)C3CCCC32)CCC1. The van der Waals surface area contributed by atoms with Crippen LogP contribution in [-0.2, 0) is 9.59 Å². The Hall–Kier alpha value is -3.27. The van der Waals surface area contributed by atoms with Gasteiger partial charge in [-0.25, -0.2) is 0 Å². The lowest BCUT2D eigenvalue weighted by Gasteiger charge is -2.55. The maximum atomic E-state index is 13.9. The summed E-state index contributed by atoms with van der Waals surface area (Å²) in [6, 6.07) is 10.1. The second-order valence-electron chi connectivity index (χ2n) is 10.5. The maximum Gasteiger partial charge on any atom is 0.573 e. The fourth-order valence-corrected chi connectivity index (χ4v) is 6.78. The number of halogens is 4. The third-order valence-electron chi connectivity index (χ3n) is 8.23. The number of aliphatic carboxylic acids is 1. The topological polar surface area (TPSA) is 95.9 Å². The number of carboxylic acids is 1. The van der Waals surface area contributed by atoms with Crippen molar-refractivity contribution in [2.24, 2.45) is 5.92 Å². The summed E-state index contributed by atoms with van der Waals surface area (Å²) in [5.41, 5.74) is 1.19. The monoisotopic (exact) mass is 564 g/mol. The molecule has 2 N–H and O–H groups in total. The molecule has 3 unspecified atom stereocenters. The molecule has 208 valence electrons. The zero-order chi connectivity index (χ0) is 27.9. The highest BCUT2D eigenvalue weighted by atomic mass is 35.5. The van der Waals surface area contributed by atoms with Gasteiger partial charge in [-0.2, -0.15) is 0 Å². The van der Waals surface area contributed by atoms with Gasteiger partial charge >= 0.3 is 12.3 Å². The summed E-state index contributed by atoms with van der Waals surface area (Å²) in [5, 5.41) is 12.6. The van der Waals surface area contributed by atoms with Crippen LogP contribution in [0.2, 0.25) is 5.02 Å². The molecule has 3 aliphatic rings. The molecule has 2 amide bonds. The minimum Gasteiger partial charge on any atom is -0.481 e. The Morgan fingerprint density at radius 3 is 2.38 bits per heavy atom. The molecule has 2 saturated carbocycles. The molecular formula is C28H28ClF3N2O5. The molecule has 1 aliphatic heterocycles. The number of nitrogens with zero attached hydrogens (tertiary/aromatic N) is 1. The van der Waals surface area contributed by atoms with Crippen LogP contribution in [0, 0.1) is 5.92 Å². The lowest BCUT2D eigenvalue weighted by atomic mass is 9.59. The molecule has 2 aromatic carbocycles. The van der Waals surface area contributed by atoms with Gasteiger partial charge in [0.05, 0.1) is 6.42 Å². The van der Waals surface area contributed by atoms with Crippen LogP contribution in [0.25, 0.3) is 0 Å². The van der Waals surface area contributed by atoms with Gasteiger partial charge in [0.1, 0.15) is 5.75 Å². The highest BCUT2D eigenvalue weighted by molar-refractivity contribution is 6.31. The van der Waals surface area contributed by atoms with Crippen LogP contribution in [-0.4, -0.2) is 40.8 Å². The Labute approximate surface area is 228 Å². The van der Waals surface area contributed by atoms with E-state index in [1.54, 1.807) is 17.0 Å². The molecule has 2 aliphatic carbocycles. The average molecular weight is 565 g/mol. The van der Waals surface area contributed by atoms with Crippen molar-refractivity contribution in [3.05, 3.63) is 58.6 Å². The molecule has 7 nitrogen and oxygen atoms in total. The summed E-state index contributed by atoms with van der Waals surface area (Å²) >= 11 is 6.40. The largest absolute Gasteiger partial charge is 0.573 e. The van der Waals surface area contributed by atoms with E-state index in [0.29, 0.717) is 10.7 Å². The molecule has 0 saturated heterocycles. The van der Waals surface area contributed by atoms with Crippen LogP contribution >= 0.6 is 11.6 Å². The van der Waals surface area contributed by atoms with Gasteiger partial charge in [-0.1, -0.05) is 24.1 Å². The molecule has 2 fully saturated rings. The number of amides is 2. The van der Waals surface area contributed by atoms with E-state index in [4.69, 9.17) is 16.7 Å². The summed E-state index contributed by atoms with van der Waals surface area (Å²) in [4.78, 5) is 39.4.